The van der Waals surface area contributed by atoms with Gasteiger partial charge in [-0.1, -0.05) is 11.6 Å². The number of hydrogen-bond donors (Lipinski definition) is 1. The predicted molar refractivity (Wildman–Crippen MR) is 104 cm³/mol. The quantitative estimate of drug-likeness (QED) is 0.711. The first-order valence-electron chi connectivity index (χ1n) is 8.86. The van der Waals surface area contributed by atoms with E-state index in [9.17, 15) is 9.59 Å². The molecule has 0 saturated carbocycles. The van der Waals surface area contributed by atoms with Gasteiger partial charge in [-0.05, 0) is 45.4 Å². The monoisotopic (exact) mass is 398 g/mol. The minimum atomic E-state index is -0.524. The van der Waals surface area contributed by atoms with Crippen LogP contribution in [0, 0.1) is 0 Å². The maximum absolute atomic E-state index is 11.9. The van der Waals surface area contributed by atoms with Crippen molar-refractivity contribution in [1.29, 1.82) is 0 Å². The molecule has 0 aromatic heterocycles. The van der Waals surface area contributed by atoms with E-state index in [1.54, 1.807) is 19.2 Å². The summed E-state index contributed by atoms with van der Waals surface area (Å²) in [6, 6.07) is 3.48. The summed E-state index contributed by atoms with van der Waals surface area (Å²) in [5.74, 6) is 0.470. The van der Waals surface area contributed by atoms with E-state index >= 15 is 0 Å². The van der Waals surface area contributed by atoms with E-state index in [1.165, 1.54) is 4.90 Å². The van der Waals surface area contributed by atoms with Crippen LogP contribution in [0.2, 0.25) is 5.02 Å². The molecule has 0 aliphatic carbocycles. The van der Waals surface area contributed by atoms with Crippen molar-refractivity contribution in [3.8, 4) is 5.75 Å². The lowest BCUT2D eigenvalue weighted by molar-refractivity contribution is -0.115. The van der Waals surface area contributed by atoms with E-state index in [2.05, 4.69) is 5.32 Å². The third kappa shape index (κ3) is 6.59. The fourth-order valence-electron chi connectivity index (χ4n) is 2.45. The minimum absolute atomic E-state index is 0.0521. The lowest BCUT2D eigenvalue weighted by atomic mass is 10.1. The average molecular weight is 399 g/mol. The number of likely N-dealkylation sites (N-methyl/N-ethyl adjacent to an activating group) is 1. The lowest BCUT2D eigenvalue weighted by Gasteiger charge is -2.24. The highest BCUT2D eigenvalue weighted by Crippen LogP contribution is 2.34. The summed E-state index contributed by atoms with van der Waals surface area (Å²) in [4.78, 5) is 24.8. The molecule has 8 heteroatoms. The standard InChI is InChI=1S/C19H27ClN2O5/c1-12(11-25-7-6-22(5)18(24)27-19(2,3)4)26-16-8-13-9-17(23)21-15(13)10-14(16)20/h8,10,12H,6-7,9,11H2,1-5H3,(H,21,23)/t12-/m0/s1. The molecule has 1 aliphatic heterocycles. The number of nitrogens with zero attached hydrogens (tertiary/aromatic N) is 1. The third-order valence-corrected chi connectivity index (χ3v) is 4.04. The van der Waals surface area contributed by atoms with Gasteiger partial charge in [0.15, 0.2) is 0 Å². The summed E-state index contributed by atoms with van der Waals surface area (Å²) in [6.45, 7) is 8.45. The highest BCUT2D eigenvalue weighted by Gasteiger charge is 2.21. The van der Waals surface area contributed by atoms with Crippen molar-refractivity contribution < 1.29 is 23.8 Å². The van der Waals surface area contributed by atoms with Crippen molar-refractivity contribution in [3.63, 3.8) is 0 Å². The number of halogens is 1. The molecule has 150 valence electrons. The fraction of sp³-hybridized carbons (Fsp3) is 0.579. The van der Waals surface area contributed by atoms with E-state index in [0.717, 1.165) is 11.3 Å². The molecule has 1 aromatic carbocycles. The first-order valence-corrected chi connectivity index (χ1v) is 9.24. The normalized spacial score (nSPS) is 14.4. The number of ether oxygens (including phenoxy) is 3. The van der Waals surface area contributed by atoms with Crippen LogP contribution >= 0.6 is 11.6 Å². The van der Waals surface area contributed by atoms with E-state index in [-0.39, 0.29) is 18.1 Å². The summed E-state index contributed by atoms with van der Waals surface area (Å²) < 4.78 is 16.7. The molecule has 2 amide bonds. The Morgan fingerprint density at radius 1 is 1.37 bits per heavy atom. The Bertz CT molecular complexity index is 702. The summed E-state index contributed by atoms with van der Waals surface area (Å²) in [5, 5.41) is 3.19. The molecule has 7 nitrogen and oxygen atoms in total. The van der Waals surface area contributed by atoms with Crippen LogP contribution in [0.3, 0.4) is 0 Å². The van der Waals surface area contributed by atoms with Crippen molar-refractivity contribution in [1.82, 2.24) is 4.90 Å². The highest BCUT2D eigenvalue weighted by atomic mass is 35.5. The topological polar surface area (TPSA) is 77.1 Å². The number of benzene rings is 1. The summed E-state index contributed by atoms with van der Waals surface area (Å²) in [6.07, 6.45) is -0.300. The van der Waals surface area contributed by atoms with Crippen molar-refractivity contribution in [2.45, 2.75) is 45.8 Å². The summed E-state index contributed by atoms with van der Waals surface area (Å²) >= 11 is 6.21. The first-order chi connectivity index (χ1) is 12.5. The second-order valence-electron chi connectivity index (χ2n) is 7.57. The number of hydrogen-bond acceptors (Lipinski definition) is 5. The van der Waals surface area contributed by atoms with Gasteiger partial charge in [0.1, 0.15) is 17.5 Å². The zero-order chi connectivity index (χ0) is 20.2. The van der Waals surface area contributed by atoms with Crippen LogP contribution in [0.4, 0.5) is 10.5 Å². The summed E-state index contributed by atoms with van der Waals surface area (Å²) in [5.41, 5.74) is 1.07. The second-order valence-corrected chi connectivity index (χ2v) is 7.98. The smallest absolute Gasteiger partial charge is 0.410 e. The van der Waals surface area contributed by atoms with Crippen molar-refractivity contribution in [2.24, 2.45) is 0 Å². The molecule has 0 radical (unpaired) electrons. The lowest BCUT2D eigenvalue weighted by Crippen LogP contribution is -2.36. The Labute approximate surface area is 164 Å². The molecule has 27 heavy (non-hydrogen) atoms. The van der Waals surface area contributed by atoms with Gasteiger partial charge in [0, 0.05) is 19.3 Å². The SMILES string of the molecule is C[C@@H](COCCN(C)C(=O)OC(C)(C)C)Oc1cc2c(cc1Cl)NC(=O)C2. The Morgan fingerprint density at radius 2 is 2.07 bits per heavy atom. The van der Waals surface area contributed by atoms with Gasteiger partial charge in [-0.3, -0.25) is 4.79 Å². The van der Waals surface area contributed by atoms with Crippen molar-refractivity contribution >= 4 is 29.3 Å². The van der Waals surface area contributed by atoms with E-state index < -0.39 is 5.60 Å². The number of rotatable bonds is 7. The van der Waals surface area contributed by atoms with Gasteiger partial charge in [-0.25, -0.2) is 4.79 Å². The molecule has 1 atom stereocenters. The molecule has 0 spiro atoms. The molecule has 0 saturated heterocycles. The van der Waals surface area contributed by atoms with E-state index in [4.69, 9.17) is 25.8 Å². The molecule has 0 bridgehead atoms. The van der Waals surface area contributed by atoms with Crippen LogP contribution < -0.4 is 10.1 Å². The van der Waals surface area contributed by atoms with Gasteiger partial charge in [0.25, 0.3) is 0 Å². The summed E-state index contributed by atoms with van der Waals surface area (Å²) in [7, 11) is 1.66. The van der Waals surface area contributed by atoms with Crippen LogP contribution in [0.15, 0.2) is 12.1 Å². The fourth-order valence-corrected chi connectivity index (χ4v) is 2.66. The Morgan fingerprint density at radius 3 is 2.74 bits per heavy atom. The second kappa shape index (κ2) is 8.80. The Hall–Kier alpha value is -1.99. The van der Waals surface area contributed by atoms with Gasteiger partial charge in [-0.15, -0.1) is 0 Å². The predicted octanol–water partition coefficient (Wildman–Crippen LogP) is 3.49. The number of carbonyl (C=O) groups is 2. The molecule has 0 fully saturated rings. The van der Waals surface area contributed by atoms with E-state index in [0.29, 0.717) is 37.0 Å². The molecular formula is C19H27ClN2O5. The first kappa shape index (κ1) is 21.3. The van der Waals surface area contributed by atoms with Gasteiger partial charge in [0.2, 0.25) is 5.91 Å². The number of nitrogens with one attached hydrogen (secondary N) is 1. The molecule has 0 unspecified atom stereocenters. The van der Waals surface area contributed by atoms with Crippen LogP contribution in [-0.4, -0.2) is 55.4 Å². The third-order valence-electron chi connectivity index (χ3n) is 3.74. The average Bonchev–Trinajstić information content (AvgIpc) is 2.89. The molecule has 1 N–H and O–H groups in total. The molecular weight excluding hydrogens is 372 g/mol. The molecule has 1 heterocycles. The van der Waals surface area contributed by atoms with Gasteiger partial charge < -0.3 is 24.4 Å². The Kier molecular flexibility index (Phi) is 6.95. The highest BCUT2D eigenvalue weighted by molar-refractivity contribution is 6.32. The maximum atomic E-state index is 11.9. The van der Waals surface area contributed by atoms with E-state index in [1.807, 2.05) is 27.7 Å². The number of amides is 2. The van der Waals surface area contributed by atoms with Gasteiger partial charge in [0.05, 0.1) is 24.7 Å². The van der Waals surface area contributed by atoms with Crippen LogP contribution in [0.25, 0.3) is 0 Å². The molecule has 1 aliphatic rings. The minimum Gasteiger partial charge on any atom is -0.487 e. The van der Waals surface area contributed by atoms with Crippen LogP contribution in [0.5, 0.6) is 5.75 Å². The number of carbonyl (C=O) groups excluding carboxylic acids is 2. The van der Waals surface area contributed by atoms with Gasteiger partial charge >= 0.3 is 6.09 Å². The van der Waals surface area contributed by atoms with Gasteiger partial charge in [-0.2, -0.15) is 0 Å². The number of anilines is 1. The van der Waals surface area contributed by atoms with Crippen molar-refractivity contribution in [3.05, 3.63) is 22.7 Å². The molecule has 1 aromatic rings. The zero-order valence-corrected chi connectivity index (χ0v) is 17.2. The molecule has 2 rings (SSSR count). The largest absolute Gasteiger partial charge is 0.487 e. The number of fused-ring (bicyclic) bond motifs is 1. The van der Waals surface area contributed by atoms with Crippen LogP contribution in [0.1, 0.15) is 33.3 Å². The zero-order valence-electron chi connectivity index (χ0n) is 16.4. The van der Waals surface area contributed by atoms with Crippen molar-refractivity contribution in [2.75, 3.05) is 32.1 Å². The Balaban J connectivity index is 1.74. The van der Waals surface area contributed by atoms with Crippen LogP contribution in [-0.2, 0) is 20.7 Å². The maximum Gasteiger partial charge on any atom is 0.410 e.